The van der Waals surface area contributed by atoms with Crippen LogP contribution in [0, 0.1) is 0 Å². The van der Waals surface area contributed by atoms with Crippen molar-refractivity contribution in [2.45, 2.75) is 46.1 Å². The van der Waals surface area contributed by atoms with Crippen LogP contribution in [0.3, 0.4) is 0 Å². The number of hydrogen-bond acceptors (Lipinski definition) is 4. The number of nitrogens with zero attached hydrogens (tertiary/aromatic N) is 2. The molecule has 0 aromatic carbocycles. The van der Waals surface area contributed by atoms with Gasteiger partial charge in [0.15, 0.2) is 5.78 Å². The van der Waals surface area contributed by atoms with Crippen molar-refractivity contribution in [3.8, 4) is 0 Å². The molecule has 4 heteroatoms. The van der Waals surface area contributed by atoms with Gasteiger partial charge in [-0.25, -0.2) is 4.98 Å². The van der Waals surface area contributed by atoms with Crippen molar-refractivity contribution in [3.63, 3.8) is 0 Å². The second kappa shape index (κ2) is 5.74. The highest BCUT2D eigenvalue weighted by Crippen LogP contribution is 2.23. The van der Waals surface area contributed by atoms with E-state index in [1.165, 1.54) is 25.9 Å². The summed E-state index contributed by atoms with van der Waals surface area (Å²) in [6.45, 7) is 7.06. The summed E-state index contributed by atoms with van der Waals surface area (Å²) in [5.41, 5.74) is 1.01. The molecule has 1 aliphatic rings. The minimum Gasteiger partial charge on any atom is -0.297 e. The van der Waals surface area contributed by atoms with E-state index in [0.29, 0.717) is 0 Å². The zero-order valence-electron chi connectivity index (χ0n) is 10.7. The van der Waals surface area contributed by atoms with Crippen molar-refractivity contribution in [3.05, 3.63) is 15.6 Å². The molecule has 1 fully saturated rings. The highest BCUT2D eigenvalue weighted by molar-refractivity contribution is 7.13. The number of hydrogen-bond donors (Lipinski definition) is 0. The Morgan fingerprint density at radius 2 is 2.12 bits per heavy atom. The molecule has 0 amide bonds. The molecule has 0 N–H and O–H groups in total. The predicted molar refractivity (Wildman–Crippen MR) is 70.6 cm³/mol. The quantitative estimate of drug-likeness (QED) is 0.755. The van der Waals surface area contributed by atoms with Gasteiger partial charge in [0, 0.05) is 6.92 Å². The average Bonchev–Trinajstić information content (AvgIpc) is 2.89. The molecule has 3 nitrogen and oxygen atoms in total. The summed E-state index contributed by atoms with van der Waals surface area (Å²) in [5, 5.41) is 1.11. The molecule has 1 aromatic heterocycles. The molecule has 0 unspecified atom stereocenters. The number of rotatable bonds is 5. The van der Waals surface area contributed by atoms with Crippen LogP contribution < -0.4 is 0 Å². The van der Waals surface area contributed by atoms with E-state index in [9.17, 15) is 4.79 Å². The van der Waals surface area contributed by atoms with Crippen LogP contribution in [0.1, 0.15) is 53.5 Å². The molecule has 0 aliphatic carbocycles. The number of carbonyl (C=O) groups excluding carboxylic acids is 1. The molecule has 2 rings (SSSR count). The van der Waals surface area contributed by atoms with Crippen LogP contribution >= 0.6 is 11.3 Å². The maximum absolute atomic E-state index is 11.5. The van der Waals surface area contributed by atoms with Gasteiger partial charge in [-0.3, -0.25) is 9.69 Å². The van der Waals surface area contributed by atoms with Gasteiger partial charge in [0.1, 0.15) is 5.01 Å². The normalized spacial score (nSPS) is 16.6. The van der Waals surface area contributed by atoms with Gasteiger partial charge in [-0.2, -0.15) is 0 Å². The molecule has 17 heavy (non-hydrogen) atoms. The minimum absolute atomic E-state index is 0.165. The summed E-state index contributed by atoms with van der Waals surface area (Å²) in [6, 6.07) is 0. The lowest BCUT2D eigenvalue weighted by atomic mass is 10.2. The van der Waals surface area contributed by atoms with Gasteiger partial charge < -0.3 is 0 Å². The van der Waals surface area contributed by atoms with Crippen LogP contribution in [0.25, 0.3) is 0 Å². The van der Waals surface area contributed by atoms with Crippen LogP contribution in [0.4, 0.5) is 0 Å². The first-order valence-corrected chi connectivity index (χ1v) is 7.24. The molecule has 94 valence electrons. The summed E-state index contributed by atoms with van der Waals surface area (Å²) >= 11 is 1.59. The zero-order chi connectivity index (χ0) is 12.3. The minimum atomic E-state index is 0.165. The molecule has 0 atom stereocenters. The molecule has 1 aliphatic heterocycles. The first-order valence-electron chi connectivity index (χ1n) is 6.42. The van der Waals surface area contributed by atoms with Gasteiger partial charge in [0.2, 0.25) is 0 Å². The molecule has 0 spiro atoms. The third kappa shape index (κ3) is 3.13. The fourth-order valence-electron chi connectivity index (χ4n) is 2.28. The molecular weight excluding hydrogens is 232 g/mol. The highest BCUT2D eigenvalue weighted by atomic mass is 32.1. The lowest BCUT2D eigenvalue weighted by molar-refractivity contribution is 0.102. The van der Waals surface area contributed by atoms with Crippen LogP contribution in [0.15, 0.2) is 0 Å². The van der Waals surface area contributed by atoms with E-state index in [4.69, 9.17) is 0 Å². The molecule has 0 saturated carbocycles. The number of thiazole rings is 1. The Hall–Kier alpha value is -0.740. The molecule has 0 bridgehead atoms. The van der Waals surface area contributed by atoms with Crippen LogP contribution in [-0.2, 0) is 13.0 Å². The Bertz CT molecular complexity index is 394. The van der Waals surface area contributed by atoms with Gasteiger partial charge in [0.05, 0.1) is 17.1 Å². The summed E-state index contributed by atoms with van der Waals surface area (Å²) in [7, 11) is 0. The number of ketones is 1. The highest BCUT2D eigenvalue weighted by Gasteiger charge is 2.18. The first-order chi connectivity index (χ1) is 8.20. The van der Waals surface area contributed by atoms with E-state index in [-0.39, 0.29) is 5.78 Å². The SMILES string of the molecule is CCCc1nc(CN2CCCC2)sc1C(C)=O. The number of Topliss-reactive ketones (excluding diaryl/α,β-unsaturated/α-hetero) is 1. The van der Waals surface area contributed by atoms with E-state index >= 15 is 0 Å². The van der Waals surface area contributed by atoms with Crippen molar-refractivity contribution in [1.82, 2.24) is 9.88 Å². The van der Waals surface area contributed by atoms with E-state index in [0.717, 1.165) is 35.0 Å². The molecular formula is C13H20N2OS. The number of aromatic nitrogens is 1. The Morgan fingerprint density at radius 1 is 1.41 bits per heavy atom. The van der Waals surface area contributed by atoms with Crippen LogP contribution in [0.5, 0.6) is 0 Å². The van der Waals surface area contributed by atoms with Gasteiger partial charge in [0.25, 0.3) is 0 Å². The fraction of sp³-hybridized carbons (Fsp3) is 0.692. The lowest BCUT2D eigenvalue weighted by Gasteiger charge is -2.11. The Balaban J connectivity index is 2.11. The van der Waals surface area contributed by atoms with Crippen molar-refractivity contribution in [1.29, 1.82) is 0 Å². The predicted octanol–water partition coefficient (Wildman–Crippen LogP) is 2.89. The summed E-state index contributed by atoms with van der Waals surface area (Å²) < 4.78 is 0. The van der Waals surface area contributed by atoms with Crippen molar-refractivity contribution < 1.29 is 4.79 Å². The van der Waals surface area contributed by atoms with Crippen LogP contribution in [0.2, 0.25) is 0 Å². The third-order valence-corrected chi connectivity index (χ3v) is 4.29. The number of aryl methyl sites for hydroxylation is 1. The van der Waals surface area contributed by atoms with Gasteiger partial charge >= 0.3 is 0 Å². The number of carbonyl (C=O) groups is 1. The number of likely N-dealkylation sites (tertiary alicyclic amines) is 1. The Labute approximate surface area is 107 Å². The summed E-state index contributed by atoms with van der Waals surface area (Å²) in [4.78, 5) is 19.5. The van der Waals surface area contributed by atoms with Crippen molar-refractivity contribution in [2.24, 2.45) is 0 Å². The third-order valence-electron chi connectivity index (χ3n) is 3.11. The van der Waals surface area contributed by atoms with Crippen molar-refractivity contribution in [2.75, 3.05) is 13.1 Å². The standard InChI is InChI=1S/C13H20N2OS/c1-3-6-11-13(10(2)16)17-12(14-11)9-15-7-4-5-8-15/h3-9H2,1-2H3. The topological polar surface area (TPSA) is 33.2 Å². The second-order valence-corrected chi connectivity index (χ2v) is 5.76. The lowest BCUT2D eigenvalue weighted by Crippen LogP contribution is -2.18. The second-order valence-electron chi connectivity index (χ2n) is 4.67. The molecule has 2 heterocycles. The zero-order valence-corrected chi connectivity index (χ0v) is 11.5. The van der Waals surface area contributed by atoms with Gasteiger partial charge in [-0.1, -0.05) is 13.3 Å². The Morgan fingerprint density at radius 3 is 2.71 bits per heavy atom. The van der Waals surface area contributed by atoms with E-state index in [1.807, 2.05) is 0 Å². The molecule has 1 saturated heterocycles. The fourth-order valence-corrected chi connectivity index (χ4v) is 3.33. The smallest absolute Gasteiger partial charge is 0.171 e. The van der Waals surface area contributed by atoms with E-state index in [2.05, 4.69) is 16.8 Å². The molecule has 1 aromatic rings. The van der Waals surface area contributed by atoms with Gasteiger partial charge in [-0.05, 0) is 32.4 Å². The summed E-state index contributed by atoms with van der Waals surface area (Å²) in [5.74, 6) is 0.165. The van der Waals surface area contributed by atoms with Crippen LogP contribution in [-0.4, -0.2) is 28.8 Å². The van der Waals surface area contributed by atoms with E-state index < -0.39 is 0 Å². The van der Waals surface area contributed by atoms with Gasteiger partial charge in [-0.15, -0.1) is 11.3 Å². The summed E-state index contributed by atoms with van der Waals surface area (Å²) in [6.07, 6.45) is 4.57. The molecule has 0 radical (unpaired) electrons. The van der Waals surface area contributed by atoms with Crippen molar-refractivity contribution >= 4 is 17.1 Å². The monoisotopic (exact) mass is 252 g/mol. The maximum atomic E-state index is 11.5. The average molecular weight is 252 g/mol. The first kappa shape index (κ1) is 12.7. The van der Waals surface area contributed by atoms with E-state index in [1.54, 1.807) is 18.3 Å². The maximum Gasteiger partial charge on any atom is 0.171 e. The largest absolute Gasteiger partial charge is 0.297 e. The Kier molecular flexibility index (Phi) is 4.29.